The third-order valence-corrected chi connectivity index (χ3v) is 4.23. The maximum atomic E-state index is 6.28. The molecule has 0 unspecified atom stereocenters. The summed E-state index contributed by atoms with van der Waals surface area (Å²) in [5, 5.41) is 4.35. The van der Waals surface area contributed by atoms with Gasteiger partial charge in [-0.2, -0.15) is 0 Å². The summed E-state index contributed by atoms with van der Waals surface area (Å²) in [7, 11) is 0. The van der Waals surface area contributed by atoms with Gasteiger partial charge < -0.3 is 10.2 Å². The Hall–Kier alpha value is -1.58. The van der Waals surface area contributed by atoms with Crippen LogP contribution in [0.4, 0.5) is 5.69 Å². The van der Waals surface area contributed by atoms with Crippen LogP contribution >= 0.6 is 11.6 Å². The summed E-state index contributed by atoms with van der Waals surface area (Å²) in [5.74, 6) is 0. The molecule has 0 radical (unpaired) electrons. The largest absolute Gasteiger partial charge is 0.365 e. The average molecular weight is 302 g/mol. The molecule has 1 N–H and O–H groups in total. The van der Waals surface area contributed by atoms with Crippen LogP contribution in [0.3, 0.4) is 0 Å². The maximum Gasteiger partial charge on any atom is 0.0639 e. The number of nitrogens with one attached hydrogen (secondary N) is 1. The lowest BCUT2D eigenvalue weighted by molar-refractivity contribution is 0.395. The first kappa shape index (κ1) is 14.4. The summed E-state index contributed by atoms with van der Waals surface area (Å²) < 4.78 is 0. The average Bonchev–Trinajstić information content (AvgIpc) is 2.59. The number of nitrogens with zero attached hydrogens (tertiary/aromatic N) is 2. The number of hydrogen-bond acceptors (Lipinski definition) is 3. The molecule has 0 spiro atoms. The van der Waals surface area contributed by atoms with Crippen LogP contribution in [0, 0.1) is 0 Å². The minimum absolute atomic E-state index is 0.0541. The SMILES string of the molecule is CC1(C)CN(Cc2ccncc2Cl)c2ccccc2CN1. The lowest BCUT2D eigenvalue weighted by atomic mass is 10.1. The van der Waals surface area contributed by atoms with E-state index in [0.29, 0.717) is 0 Å². The Balaban J connectivity index is 1.96. The monoisotopic (exact) mass is 301 g/mol. The van der Waals surface area contributed by atoms with Crippen molar-refractivity contribution in [3.05, 3.63) is 58.9 Å². The van der Waals surface area contributed by atoms with Crippen LogP contribution in [0.2, 0.25) is 5.02 Å². The molecule has 1 aliphatic heterocycles. The molecule has 0 bridgehead atoms. The van der Waals surface area contributed by atoms with Crippen molar-refractivity contribution >= 4 is 17.3 Å². The third kappa shape index (κ3) is 3.20. The van der Waals surface area contributed by atoms with Gasteiger partial charge >= 0.3 is 0 Å². The first-order valence-corrected chi connectivity index (χ1v) is 7.59. The quantitative estimate of drug-likeness (QED) is 0.918. The Bertz CT molecular complexity index is 639. The summed E-state index contributed by atoms with van der Waals surface area (Å²) in [4.78, 5) is 6.47. The van der Waals surface area contributed by atoms with Gasteiger partial charge in [0.2, 0.25) is 0 Å². The first-order chi connectivity index (χ1) is 10.1. The Labute approximate surface area is 131 Å². The number of aromatic nitrogens is 1. The lowest BCUT2D eigenvalue weighted by Gasteiger charge is -2.32. The third-order valence-electron chi connectivity index (χ3n) is 3.89. The Morgan fingerprint density at radius 3 is 2.90 bits per heavy atom. The van der Waals surface area contributed by atoms with E-state index in [2.05, 4.69) is 53.3 Å². The van der Waals surface area contributed by atoms with Crippen LogP contribution in [0.5, 0.6) is 0 Å². The van der Waals surface area contributed by atoms with E-state index in [1.54, 1.807) is 12.4 Å². The highest BCUT2D eigenvalue weighted by atomic mass is 35.5. The van der Waals surface area contributed by atoms with Crippen molar-refractivity contribution < 1.29 is 0 Å². The highest BCUT2D eigenvalue weighted by Crippen LogP contribution is 2.29. The van der Waals surface area contributed by atoms with Crippen molar-refractivity contribution in [1.82, 2.24) is 10.3 Å². The molecule has 0 aliphatic carbocycles. The zero-order valence-corrected chi connectivity index (χ0v) is 13.2. The molecule has 1 aliphatic rings. The van der Waals surface area contributed by atoms with Gasteiger partial charge in [-0.05, 0) is 37.1 Å². The van der Waals surface area contributed by atoms with E-state index in [9.17, 15) is 0 Å². The van der Waals surface area contributed by atoms with E-state index in [-0.39, 0.29) is 5.54 Å². The number of hydrogen-bond donors (Lipinski definition) is 1. The fraction of sp³-hybridized carbons (Fsp3) is 0.353. The number of anilines is 1. The maximum absolute atomic E-state index is 6.28. The van der Waals surface area contributed by atoms with Crippen LogP contribution < -0.4 is 10.2 Å². The molecule has 3 rings (SSSR count). The fourth-order valence-electron chi connectivity index (χ4n) is 2.80. The van der Waals surface area contributed by atoms with E-state index in [1.165, 1.54) is 11.3 Å². The van der Waals surface area contributed by atoms with Crippen molar-refractivity contribution in [1.29, 1.82) is 0 Å². The molecule has 4 heteroatoms. The number of rotatable bonds is 2. The van der Waals surface area contributed by atoms with E-state index < -0.39 is 0 Å². The normalized spacial score (nSPS) is 17.2. The predicted octanol–water partition coefficient (Wildman–Crippen LogP) is 3.62. The zero-order chi connectivity index (χ0) is 14.9. The number of benzene rings is 1. The van der Waals surface area contributed by atoms with Crippen LogP contribution in [0.25, 0.3) is 0 Å². The molecule has 1 aromatic carbocycles. The molecule has 0 saturated carbocycles. The molecule has 1 aromatic heterocycles. The number of para-hydroxylation sites is 1. The van der Waals surface area contributed by atoms with Crippen LogP contribution in [0.15, 0.2) is 42.7 Å². The minimum Gasteiger partial charge on any atom is -0.365 e. The fourth-order valence-corrected chi connectivity index (χ4v) is 2.98. The molecule has 2 aromatic rings. The van der Waals surface area contributed by atoms with Crippen LogP contribution in [0.1, 0.15) is 25.0 Å². The van der Waals surface area contributed by atoms with Gasteiger partial charge in [0.05, 0.1) is 5.02 Å². The predicted molar refractivity (Wildman–Crippen MR) is 87.7 cm³/mol. The topological polar surface area (TPSA) is 28.2 Å². The van der Waals surface area contributed by atoms with E-state index in [4.69, 9.17) is 11.6 Å². The Morgan fingerprint density at radius 2 is 2.10 bits per heavy atom. The molecule has 0 saturated heterocycles. The summed E-state index contributed by atoms with van der Waals surface area (Å²) in [5.41, 5.74) is 3.77. The van der Waals surface area contributed by atoms with Crippen molar-refractivity contribution in [2.45, 2.75) is 32.5 Å². The Kier molecular flexibility index (Phi) is 3.87. The second kappa shape index (κ2) is 5.66. The number of halogens is 1. The van der Waals surface area contributed by atoms with Crippen LogP contribution in [-0.2, 0) is 13.1 Å². The van der Waals surface area contributed by atoms with E-state index in [1.807, 2.05) is 6.07 Å². The number of fused-ring (bicyclic) bond motifs is 1. The van der Waals surface area contributed by atoms with Gasteiger partial charge in [-0.15, -0.1) is 0 Å². The molecule has 0 atom stereocenters. The van der Waals surface area contributed by atoms with E-state index in [0.717, 1.165) is 30.2 Å². The van der Waals surface area contributed by atoms with Crippen molar-refractivity contribution in [2.75, 3.05) is 11.4 Å². The first-order valence-electron chi connectivity index (χ1n) is 7.21. The minimum atomic E-state index is 0.0541. The summed E-state index contributed by atoms with van der Waals surface area (Å²) in [6.07, 6.45) is 3.51. The van der Waals surface area contributed by atoms with Gasteiger partial charge in [-0.25, -0.2) is 0 Å². The highest BCUT2D eigenvalue weighted by Gasteiger charge is 2.26. The van der Waals surface area contributed by atoms with Gasteiger partial charge in [0.1, 0.15) is 0 Å². The molecular formula is C17H20ClN3. The van der Waals surface area contributed by atoms with Crippen LogP contribution in [-0.4, -0.2) is 17.1 Å². The second-order valence-electron chi connectivity index (χ2n) is 6.19. The van der Waals surface area contributed by atoms with Gasteiger partial charge in [0.25, 0.3) is 0 Å². The van der Waals surface area contributed by atoms with Gasteiger partial charge in [0, 0.05) is 43.3 Å². The van der Waals surface area contributed by atoms with Gasteiger partial charge in [0.15, 0.2) is 0 Å². The molecule has 0 amide bonds. The van der Waals surface area contributed by atoms with Gasteiger partial charge in [-0.1, -0.05) is 29.8 Å². The molecule has 21 heavy (non-hydrogen) atoms. The Morgan fingerprint density at radius 1 is 1.29 bits per heavy atom. The van der Waals surface area contributed by atoms with Crippen molar-refractivity contribution in [3.63, 3.8) is 0 Å². The highest BCUT2D eigenvalue weighted by molar-refractivity contribution is 6.31. The number of pyridine rings is 1. The second-order valence-corrected chi connectivity index (χ2v) is 6.60. The molecule has 2 heterocycles. The lowest BCUT2D eigenvalue weighted by Crippen LogP contribution is -2.46. The molecule has 0 fully saturated rings. The van der Waals surface area contributed by atoms with Crippen molar-refractivity contribution in [3.8, 4) is 0 Å². The zero-order valence-electron chi connectivity index (χ0n) is 12.4. The molecular weight excluding hydrogens is 282 g/mol. The molecule has 110 valence electrons. The summed E-state index contributed by atoms with van der Waals surface area (Å²) in [6, 6.07) is 10.6. The standard InChI is InChI=1S/C17H20ClN3/c1-17(2)12-21(11-14-7-8-19-10-15(14)18)16-6-4-3-5-13(16)9-20-17/h3-8,10,20H,9,11-12H2,1-2H3. The van der Waals surface area contributed by atoms with E-state index >= 15 is 0 Å². The summed E-state index contributed by atoms with van der Waals surface area (Å²) in [6.45, 7) is 7.09. The van der Waals surface area contributed by atoms with Gasteiger partial charge in [-0.3, -0.25) is 4.98 Å². The smallest absolute Gasteiger partial charge is 0.0639 e. The van der Waals surface area contributed by atoms with Crippen molar-refractivity contribution in [2.24, 2.45) is 0 Å². The molecule has 3 nitrogen and oxygen atoms in total. The summed E-state index contributed by atoms with van der Waals surface area (Å²) >= 11 is 6.28.